The molecule has 100 valence electrons. The number of rotatable bonds is 6. The summed E-state index contributed by atoms with van der Waals surface area (Å²) >= 11 is 0. The van der Waals surface area contributed by atoms with E-state index < -0.39 is 0 Å². The molecule has 0 saturated heterocycles. The highest BCUT2D eigenvalue weighted by molar-refractivity contribution is 5.69. The van der Waals surface area contributed by atoms with Crippen molar-refractivity contribution in [2.45, 2.75) is 19.4 Å². The molecular weight excluding hydrogens is 237 g/mol. The van der Waals surface area contributed by atoms with Crippen LogP contribution in [0.5, 0.6) is 5.75 Å². The summed E-state index contributed by atoms with van der Waals surface area (Å²) in [5, 5.41) is 3.06. The first-order chi connectivity index (χ1) is 8.58. The summed E-state index contributed by atoms with van der Waals surface area (Å²) in [6.45, 7) is 2.28. The van der Waals surface area contributed by atoms with E-state index in [4.69, 9.17) is 4.74 Å². The Morgan fingerprint density at radius 3 is 2.72 bits per heavy atom. The van der Waals surface area contributed by atoms with Crippen molar-refractivity contribution in [3.8, 4) is 5.75 Å². The zero-order valence-electron chi connectivity index (χ0n) is 10.8. The van der Waals surface area contributed by atoms with E-state index in [9.17, 15) is 9.18 Å². The molecule has 1 aromatic carbocycles. The SMILES string of the molecule is COC(=O)CCNC(C)c1ccc(OC)cc1F. The van der Waals surface area contributed by atoms with Gasteiger partial charge in [0.15, 0.2) is 0 Å². The number of nitrogens with one attached hydrogen (secondary N) is 1. The van der Waals surface area contributed by atoms with Crippen molar-refractivity contribution < 1.29 is 18.7 Å². The quantitative estimate of drug-likeness (QED) is 0.790. The molecule has 0 spiro atoms. The lowest BCUT2D eigenvalue weighted by Crippen LogP contribution is -2.23. The number of esters is 1. The van der Waals surface area contributed by atoms with Crippen molar-refractivity contribution >= 4 is 5.97 Å². The fraction of sp³-hybridized carbons (Fsp3) is 0.462. The standard InChI is InChI=1S/C13H18FNO3/c1-9(15-7-6-13(16)18-3)11-5-4-10(17-2)8-12(11)14/h4-5,8-9,15H,6-7H2,1-3H3. The smallest absolute Gasteiger partial charge is 0.306 e. The molecule has 0 bridgehead atoms. The number of hydrogen-bond donors (Lipinski definition) is 1. The zero-order chi connectivity index (χ0) is 13.5. The molecule has 0 aromatic heterocycles. The minimum Gasteiger partial charge on any atom is -0.497 e. The van der Waals surface area contributed by atoms with Gasteiger partial charge in [0.05, 0.1) is 20.6 Å². The number of halogens is 1. The molecule has 0 fully saturated rings. The number of benzene rings is 1. The molecular formula is C13H18FNO3. The molecule has 0 saturated carbocycles. The second kappa shape index (κ2) is 6.96. The van der Waals surface area contributed by atoms with Gasteiger partial charge in [0.2, 0.25) is 0 Å². The van der Waals surface area contributed by atoms with Gasteiger partial charge >= 0.3 is 5.97 Å². The molecule has 0 aliphatic heterocycles. The Morgan fingerprint density at radius 2 is 2.17 bits per heavy atom. The Morgan fingerprint density at radius 1 is 1.44 bits per heavy atom. The summed E-state index contributed by atoms with van der Waals surface area (Å²) < 4.78 is 23.2. The van der Waals surface area contributed by atoms with Crippen LogP contribution >= 0.6 is 0 Å². The number of hydrogen-bond acceptors (Lipinski definition) is 4. The van der Waals surface area contributed by atoms with Crippen LogP contribution in [-0.4, -0.2) is 26.7 Å². The van der Waals surface area contributed by atoms with Crippen molar-refractivity contribution in [2.75, 3.05) is 20.8 Å². The van der Waals surface area contributed by atoms with Gasteiger partial charge in [-0.15, -0.1) is 0 Å². The molecule has 4 nitrogen and oxygen atoms in total. The summed E-state index contributed by atoms with van der Waals surface area (Å²) in [5.41, 5.74) is 0.542. The molecule has 18 heavy (non-hydrogen) atoms. The van der Waals surface area contributed by atoms with E-state index in [1.807, 2.05) is 6.92 Å². The predicted molar refractivity (Wildman–Crippen MR) is 66.0 cm³/mol. The highest BCUT2D eigenvalue weighted by Gasteiger charge is 2.11. The second-order valence-corrected chi connectivity index (χ2v) is 3.89. The van der Waals surface area contributed by atoms with Gasteiger partial charge in [-0.25, -0.2) is 4.39 Å². The van der Waals surface area contributed by atoms with Crippen LogP contribution in [0.4, 0.5) is 4.39 Å². The van der Waals surface area contributed by atoms with Crippen LogP contribution in [0, 0.1) is 5.82 Å². The highest BCUT2D eigenvalue weighted by atomic mass is 19.1. The fourth-order valence-corrected chi connectivity index (χ4v) is 1.59. The summed E-state index contributed by atoms with van der Waals surface area (Å²) in [5.74, 6) is -0.129. The first-order valence-corrected chi connectivity index (χ1v) is 5.72. The maximum atomic E-state index is 13.7. The van der Waals surface area contributed by atoms with E-state index in [-0.39, 0.29) is 24.2 Å². The van der Waals surface area contributed by atoms with Crippen LogP contribution in [0.2, 0.25) is 0 Å². The Kier molecular flexibility index (Phi) is 5.58. The predicted octanol–water partition coefficient (Wildman–Crippen LogP) is 2.05. The Balaban J connectivity index is 2.56. The first kappa shape index (κ1) is 14.4. The topological polar surface area (TPSA) is 47.6 Å². The molecule has 0 heterocycles. The van der Waals surface area contributed by atoms with E-state index in [1.54, 1.807) is 12.1 Å². The Hall–Kier alpha value is -1.62. The molecule has 1 atom stereocenters. The molecule has 0 radical (unpaired) electrons. The van der Waals surface area contributed by atoms with Crippen molar-refractivity contribution in [1.29, 1.82) is 0 Å². The maximum absolute atomic E-state index is 13.7. The molecule has 0 aliphatic rings. The van der Waals surface area contributed by atoms with Gasteiger partial charge in [0.25, 0.3) is 0 Å². The van der Waals surface area contributed by atoms with Gasteiger partial charge in [-0.1, -0.05) is 6.07 Å². The largest absolute Gasteiger partial charge is 0.497 e. The number of ether oxygens (including phenoxy) is 2. The Bertz CT molecular complexity index is 409. The van der Waals surface area contributed by atoms with Crippen molar-refractivity contribution in [1.82, 2.24) is 5.32 Å². The highest BCUT2D eigenvalue weighted by Crippen LogP contribution is 2.21. The zero-order valence-corrected chi connectivity index (χ0v) is 10.8. The van der Waals surface area contributed by atoms with Crippen LogP contribution in [0.15, 0.2) is 18.2 Å². The van der Waals surface area contributed by atoms with E-state index >= 15 is 0 Å². The van der Waals surface area contributed by atoms with Gasteiger partial charge in [0.1, 0.15) is 11.6 Å². The van der Waals surface area contributed by atoms with Gasteiger partial charge in [0, 0.05) is 24.2 Å². The lowest BCUT2D eigenvalue weighted by Gasteiger charge is -2.15. The van der Waals surface area contributed by atoms with Crippen LogP contribution in [0.25, 0.3) is 0 Å². The van der Waals surface area contributed by atoms with Crippen LogP contribution in [0.3, 0.4) is 0 Å². The van der Waals surface area contributed by atoms with Crippen molar-refractivity contribution in [2.24, 2.45) is 0 Å². The lowest BCUT2D eigenvalue weighted by atomic mass is 10.1. The molecule has 1 aromatic rings. The van der Waals surface area contributed by atoms with Gasteiger partial charge < -0.3 is 14.8 Å². The number of carbonyl (C=O) groups is 1. The average molecular weight is 255 g/mol. The van der Waals surface area contributed by atoms with Gasteiger partial charge in [-0.05, 0) is 13.0 Å². The number of carbonyl (C=O) groups excluding carboxylic acids is 1. The van der Waals surface area contributed by atoms with Crippen LogP contribution in [0.1, 0.15) is 24.9 Å². The van der Waals surface area contributed by atoms with E-state index in [0.717, 1.165) is 0 Å². The van der Waals surface area contributed by atoms with Crippen LogP contribution in [-0.2, 0) is 9.53 Å². The maximum Gasteiger partial charge on any atom is 0.306 e. The summed E-state index contributed by atoms with van der Waals surface area (Å²) in [7, 11) is 2.83. The third-order valence-corrected chi connectivity index (χ3v) is 2.68. The lowest BCUT2D eigenvalue weighted by molar-refractivity contribution is -0.140. The number of methoxy groups -OCH3 is 2. The molecule has 0 amide bonds. The third-order valence-electron chi connectivity index (χ3n) is 2.68. The van der Waals surface area contributed by atoms with Gasteiger partial charge in [-0.3, -0.25) is 4.79 Å². The van der Waals surface area contributed by atoms with Crippen molar-refractivity contribution in [3.63, 3.8) is 0 Å². The fourth-order valence-electron chi connectivity index (χ4n) is 1.59. The van der Waals surface area contributed by atoms with Gasteiger partial charge in [-0.2, -0.15) is 0 Å². The molecule has 1 N–H and O–H groups in total. The first-order valence-electron chi connectivity index (χ1n) is 5.72. The average Bonchev–Trinajstić information content (AvgIpc) is 2.37. The summed E-state index contributed by atoms with van der Waals surface area (Å²) in [6, 6.07) is 4.54. The minimum atomic E-state index is -0.326. The normalized spacial score (nSPS) is 12.0. The van der Waals surface area contributed by atoms with Crippen molar-refractivity contribution in [3.05, 3.63) is 29.6 Å². The second-order valence-electron chi connectivity index (χ2n) is 3.89. The third kappa shape index (κ3) is 4.00. The molecule has 1 unspecified atom stereocenters. The van der Waals surface area contributed by atoms with E-state index in [1.165, 1.54) is 20.3 Å². The molecule has 5 heteroatoms. The monoisotopic (exact) mass is 255 g/mol. The molecule has 0 aliphatic carbocycles. The molecule has 1 rings (SSSR count). The Labute approximate surface area is 106 Å². The van der Waals surface area contributed by atoms with E-state index in [0.29, 0.717) is 17.9 Å². The summed E-state index contributed by atoms with van der Waals surface area (Å²) in [6.07, 6.45) is 0.263. The van der Waals surface area contributed by atoms with E-state index in [2.05, 4.69) is 10.1 Å². The van der Waals surface area contributed by atoms with Crippen LogP contribution < -0.4 is 10.1 Å². The summed E-state index contributed by atoms with van der Waals surface area (Å²) in [4.78, 5) is 10.9. The minimum absolute atomic E-state index is 0.180.